The van der Waals surface area contributed by atoms with Crippen molar-refractivity contribution in [1.29, 1.82) is 0 Å². The molecule has 0 saturated heterocycles. The number of carbonyl (C=O) groups is 2. The van der Waals surface area contributed by atoms with Crippen LogP contribution < -0.4 is 16.2 Å². The Morgan fingerprint density at radius 2 is 1.53 bits per heavy atom. The zero-order valence-electron chi connectivity index (χ0n) is 20.3. The van der Waals surface area contributed by atoms with E-state index < -0.39 is 0 Å². The van der Waals surface area contributed by atoms with E-state index in [0.717, 1.165) is 5.56 Å². The maximum Gasteiger partial charge on any atom is 0.262 e. The van der Waals surface area contributed by atoms with E-state index in [1.165, 1.54) is 11.8 Å². The highest BCUT2D eigenvalue weighted by Crippen LogP contribution is 2.19. The molecule has 10 heteroatoms. The summed E-state index contributed by atoms with van der Waals surface area (Å²) in [6.07, 6.45) is 3.10. The van der Waals surface area contributed by atoms with Crippen LogP contribution in [0.15, 0.2) is 104 Å². The number of carbonyl (C=O) groups excluding carboxylic acids is 2. The molecule has 0 unspecified atom stereocenters. The average Bonchev–Trinajstić information content (AvgIpc) is 3.66. The molecule has 0 aliphatic carbocycles. The molecule has 0 fully saturated rings. The van der Waals surface area contributed by atoms with Gasteiger partial charge < -0.3 is 19.5 Å². The summed E-state index contributed by atoms with van der Waals surface area (Å²) in [4.78, 5) is 42.9. The summed E-state index contributed by atoms with van der Waals surface area (Å²) < 4.78 is 12.0. The van der Waals surface area contributed by atoms with E-state index in [2.05, 4.69) is 15.6 Å². The van der Waals surface area contributed by atoms with Gasteiger partial charge in [-0.25, -0.2) is 4.98 Å². The van der Waals surface area contributed by atoms with Crippen LogP contribution in [0.3, 0.4) is 0 Å². The van der Waals surface area contributed by atoms with Crippen molar-refractivity contribution in [2.45, 2.75) is 24.8 Å². The molecule has 5 rings (SSSR count). The predicted octanol–water partition coefficient (Wildman–Crippen LogP) is 3.97. The summed E-state index contributed by atoms with van der Waals surface area (Å²) in [5, 5.41) is 6.54. The van der Waals surface area contributed by atoms with E-state index in [9.17, 15) is 14.4 Å². The third-order valence-corrected chi connectivity index (χ3v) is 6.74. The lowest BCUT2D eigenvalue weighted by atomic mass is 10.1. The monoisotopic (exact) mass is 528 g/mol. The number of aromatic nitrogens is 2. The zero-order valence-corrected chi connectivity index (χ0v) is 21.1. The molecule has 0 spiro atoms. The molecular formula is C28H24N4O5S. The van der Waals surface area contributed by atoms with Gasteiger partial charge in [-0.15, -0.1) is 0 Å². The van der Waals surface area contributed by atoms with Crippen LogP contribution in [0, 0.1) is 0 Å². The lowest BCUT2D eigenvalue weighted by Crippen LogP contribution is -2.27. The van der Waals surface area contributed by atoms with Crippen LogP contribution in [0.5, 0.6) is 0 Å². The maximum absolute atomic E-state index is 13.4. The van der Waals surface area contributed by atoms with Gasteiger partial charge in [-0.2, -0.15) is 0 Å². The van der Waals surface area contributed by atoms with Crippen molar-refractivity contribution in [3.05, 3.63) is 118 Å². The first-order valence-electron chi connectivity index (χ1n) is 11.9. The number of hydrogen-bond acceptors (Lipinski definition) is 7. The van der Waals surface area contributed by atoms with Crippen molar-refractivity contribution in [1.82, 2.24) is 20.2 Å². The van der Waals surface area contributed by atoms with Crippen LogP contribution in [-0.4, -0.2) is 27.1 Å². The average molecular weight is 529 g/mol. The Labute approximate surface area is 221 Å². The van der Waals surface area contributed by atoms with Gasteiger partial charge in [0.05, 0.1) is 48.8 Å². The number of para-hydroxylation sites is 1. The molecule has 3 aromatic heterocycles. The Hall–Kier alpha value is -4.57. The minimum atomic E-state index is -0.228. The normalized spacial score (nSPS) is 10.9. The lowest BCUT2D eigenvalue weighted by Gasteiger charge is -2.13. The number of nitrogens with zero attached hydrogens (tertiary/aromatic N) is 2. The van der Waals surface area contributed by atoms with Gasteiger partial charge in [-0.1, -0.05) is 36.0 Å². The standard InChI is InChI=1S/C28H24N4O5S/c33-25(29-15-21-5-3-13-36-21)18-38-28-31-24-8-2-1-7-23(24)27(35)32(28)17-19-9-11-20(12-10-19)26(34)30-16-22-6-4-14-37-22/h1-14H,15-18H2,(H,29,33)(H,30,34). The number of benzene rings is 2. The quantitative estimate of drug-likeness (QED) is 0.208. The summed E-state index contributed by atoms with van der Waals surface area (Å²) in [5.74, 6) is 0.972. The summed E-state index contributed by atoms with van der Waals surface area (Å²) in [6, 6.07) is 21.2. The van der Waals surface area contributed by atoms with Crippen molar-refractivity contribution in [3.63, 3.8) is 0 Å². The summed E-state index contributed by atoms with van der Waals surface area (Å²) in [5.41, 5.74) is 1.67. The first kappa shape index (κ1) is 25.1. The van der Waals surface area contributed by atoms with E-state index in [-0.39, 0.29) is 36.2 Å². The second-order valence-electron chi connectivity index (χ2n) is 8.41. The smallest absolute Gasteiger partial charge is 0.262 e. The van der Waals surface area contributed by atoms with Gasteiger partial charge in [0.25, 0.3) is 11.5 Å². The van der Waals surface area contributed by atoms with E-state index in [1.807, 2.05) is 6.07 Å². The molecule has 0 aliphatic heterocycles. The molecule has 0 aliphatic rings. The molecule has 9 nitrogen and oxygen atoms in total. The van der Waals surface area contributed by atoms with E-state index in [1.54, 1.807) is 83.8 Å². The van der Waals surface area contributed by atoms with Crippen LogP contribution in [0.2, 0.25) is 0 Å². The molecule has 0 radical (unpaired) electrons. The largest absolute Gasteiger partial charge is 0.467 e. The summed E-state index contributed by atoms with van der Waals surface area (Å²) in [7, 11) is 0. The van der Waals surface area contributed by atoms with Crippen molar-refractivity contribution in [2.75, 3.05) is 5.75 Å². The Kier molecular flexibility index (Phi) is 7.70. The fourth-order valence-electron chi connectivity index (χ4n) is 3.80. The minimum absolute atomic E-state index is 0.0836. The number of fused-ring (bicyclic) bond motifs is 1. The predicted molar refractivity (Wildman–Crippen MR) is 143 cm³/mol. The first-order chi connectivity index (χ1) is 18.6. The summed E-state index contributed by atoms with van der Waals surface area (Å²) in [6.45, 7) is 0.814. The molecule has 2 aromatic carbocycles. The highest BCUT2D eigenvalue weighted by Gasteiger charge is 2.15. The van der Waals surface area contributed by atoms with E-state index >= 15 is 0 Å². The van der Waals surface area contributed by atoms with Crippen molar-refractivity contribution in [2.24, 2.45) is 0 Å². The fourth-order valence-corrected chi connectivity index (χ4v) is 4.63. The van der Waals surface area contributed by atoms with Gasteiger partial charge >= 0.3 is 0 Å². The third-order valence-electron chi connectivity index (χ3n) is 5.76. The minimum Gasteiger partial charge on any atom is -0.467 e. The molecule has 0 saturated carbocycles. The molecular weight excluding hydrogens is 504 g/mol. The molecule has 5 aromatic rings. The fraction of sp³-hybridized carbons (Fsp3) is 0.143. The molecule has 38 heavy (non-hydrogen) atoms. The Bertz CT molecular complexity index is 1590. The van der Waals surface area contributed by atoms with Crippen molar-refractivity contribution in [3.8, 4) is 0 Å². The summed E-state index contributed by atoms with van der Waals surface area (Å²) >= 11 is 1.19. The first-order valence-corrected chi connectivity index (χ1v) is 12.9. The number of amides is 2. The molecule has 0 atom stereocenters. The Balaban J connectivity index is 1.31. The number of furan rings is 2. The Morgan fingerprint density at radius 1 is 0.842 bits per heavy atom. The van der Waals surface area contributed by atoms with Gasteiger partial charge in [0.1, 0.15) is 11.5 Å². The zero-order chi connectivity index (χ0) is 26.3. The highest BCUT2D eigenvalue weighted by atomic mass is 32.2. The molecule has 192 valence electrons. The maximum atomic E-state index is 13.4. The van der Waals surface area contributed by atoms with E-state index in [0.29, 0.717) is 39.7 Å². The number of rotatable bonds is 10. The molecule has 2 amide bonds. The van der Waals surface area contributed by atoms with Gasteiger partial charge in [0, 0.05) is 5.56 Å². The van der Waals surface area contributed by atoms with Crippen molar-refractivity contribution >= 4 is 34.5 Å². The van der Waals surface area contributed by atoms with Crippen molar-refractivity contribution < 1.29 is 18.4 Å². The van der Waals surface area contributed by atoms with E-state index in [4.69, 9.17) is 8.83 Å². The van der Waals surface area contributed by atoms with Crippen LogP contribution in [-0.2, 0) is 24.4 Å². The van der Waals surface area contributed by atoms with Crippen LogP contribution >= 0.6 is 11.8 Å². The Morgan fingerprint density at radius 3 is 2.21 bits per heavy atom. The number of hydrogen-bond donors (Lipinski definition) is 2. The SMILES string of the molecule is O=C(CSc1nc2ccccc2c(=O)n1Cc1ccc(C(=O)NCc2ccco2)cc1)NCc1ccco1. The van der Waals surface area contributed by atoms with Gasteiger partial charge in [-0.3, -0.25) is 19.0 Å². The highest BCUT2D eigenvalue weighted by molar-refractivity contribution is 7.99. The molecule has 2 N–H and O–H groups in total. The molecule has 3 heterocycles. The third kappa shape index (κ3) is 6.04. The second kappa shape index (κ2) is 11.7. The van der Waals surface area contributed by atoms with Crippen LogP contribution in [0.1, 0.15) is 27.4 Å². The van der Waals surface area contributed by atoms with Gasteiger partial charge in [0.15, 0.2) is 5.16 Å². The van der Waals surface area contributed by atoms with Crippen LogP contribution in [0.4, 0.5) is 0 Å². The topological polar surface area (TPSA) is 119 Å². The van der Waals surface area contributed by atoms with Gasteiger partial charge in [0.2, 0.25) is 5.91 Å². The molecule has 0 bridgehead atoms. The number of thioether (sulfide) groups is 1. The second-order valence-corrected chi connectivity index (χ2v) is 9.35. The van der Waals surface area contributed by atoms with Gasteiger partial charge in [-0.05, 0) is 54.1 Å². The van der Waals surface area contributed by atoms with Crippen LogP contribution in [0.25, 0.3) is 10.9 Å². The number of nitrogens with one attached hydrogen (secondary N) is 2. The lowest BCUT2D eigenvalue weighted by molar-refractivity contribution is -0.118.